The van der Waals surface area contributed by atoms with E-state index in [9.17, 15) is 44.9 Å². The Balaban J connectivity index is 1.87. The average molecular weight is 433 g/mol. The molecule has 0 heterocycles. The number of benzene rings is 1. The number of nitrogens with zero attached hydrogens (tertiary/aromatic N) is 1. The quantitative estimate of drug-likeness (QED) is 0.112. The van der Waals surface area contributed by atoms with Gasteiger partial charge in [-0.05, 0) is 24.3 Å². The van der Waals surface area contributed by atoms with E-state index in [4.69, 9.17) is 11.5 Å². The van der Waals surface area contributed by atoms with Gasteiger partial charge in [-0.15, -0.1) is 0 Å². The Morgan fingerprint density at radius 1 is 1.26 bits per heavy atom. The van der Waals surface area contributed by atoms with Crippen LogP contribution in [0.1, 0.15) is 28.8 Å². The Morgan fingerprint density at radius 2 is 1.90 bits per heavy atom. The SMILES string of the molecule is NC(=O)C1=C(O)C2(O)C(CC1=O)CC1Cc3c(N)cc([N+](=O)[O-])c(O)c3C(=O)C1C2O. The fourth-order valence-corrected chi connectivity index (χ4v) is 5.29. The van der Waals surface area contributed by atoms with Crippen LogP contribution < -0.4 is 11.5 Å². The average Bonchev–Trinajstić information content (AvgIpc) is 2.66. The zero-order valence-electron chi connectivity index (χ0n) is 15.9. The Bertz CT molecular complexity index is 1110. The number of nitrogens with two attached hydrogens (primary N) is 2. The molecule has 0 bridgehead atoms. The maximum Gasteiger partial charge on any atom is 0.313 e. The van der Waals surface area contributed by atoms with Crippen LogP contribution in [0.2, 0.25) is 0 Å². The summed E-state index contributed by atoms with van der Waals surface area (Å²) in [5, 5.41) is 54.2. The summed E-state index contributed by atoms with van der Waals surface area (Å²) in [5.41, 5.74) is 6.54. The lowest BCUT2D eigenvalue weighted by Gasteiger charge is -2.52. The molecule has 3 aliphatic carbocycles. The van der Waals surface area contributed by atoms with Crippen LogP contribution in [0, 0.1) is 27.9 Å². The maximum atomic E-state index is 13.2. The first-order valence-corrected chi connectivity index (χ1v) is 9.41. The molecular weight excluding hydrogens is 414 g/mol. The van der Waals surface area contributed by atoms with Gasteiger partial charge in [-0.25, -0.2) is 0 Å². The standard InChI is InChI=1S/C19H19N3O9/c20-8-4-9(22(30)31)14(24)12-7(8)2-5-1-6-3-10(23)13(18(21)28)17(27)19(6,29)16(26)11(5)15(12)25/h4-6,11,16,24,26-27,29H,1-3,20H2,(H2,21,28). The third kappa shape index (κ3) is 2.58. The molecule has 3 aliphatic rings. The molecule has 31 heavy (non-hydrogen) atoms. The number of aliphatic hydroxyl groups is 3. The van der Waals surface area contributed by atoms with Gasteiger partial charge in [-0.2, -0.15) is 0 Å². The molecule has 164 valence electrons. The van der Waals surface area contributed by atoms with Gasteiger partial charge in [0.25, 0.3) is 5.91 Å². The third-order valence-electron chi connectivity index (χ3n) is 6.72. The van der Waals surface area contributed by atoms with Crippen molar-refractivity contribution in [2.24, 2.45) is 23.5 Å². The van der Waals surface area contributed by atoms with Crippen LogP contribution in [-0.4, -0.2) is 54.5 Å². The number of rotatable bonds is 2. The molecule has 1 amide bonds. The number of Topliss-reactive ketones (excluding diaryl/α,β-unsaturated/α-hetero) is 2. The first kappa shape index (κ1) is 20.8. The molecule has 5 atom stereocenters. The number of aromatic hydroxyl groups is 1. The zero-order valence-corrected chi connectivity index (χ0v) is 15.9. The highest BCUT2D eigenvalue weighted by Crippen LogP contribution is 2.54. The summed E-state index contributed by atoms with van der Waals surface area (Å²) in [5.74, 6) is -8.02. The topological polar surface area (TPSA) is 227 Å². The lowest BCUT2D eigenvalue weighted by Crippen LogP contribution is -2.64. The number of anilines is 1. The summed E-state index contributed by atoms with van der Waals surface area (Å²) in [7, 11) is 0. The van der Waals surface area contributed by atoms with Crippen molar-refractivity contribution in [3.8, 4) is 5.75 Å². The number of phenolic OH excluding ortho intramolecular Hbond substituents is 1. The number of carbonyl (C=O) groups is 3. The van der Waals surface area contributed by atoms with Crippen LogP contribution >= 0.6 is 0 Å². The fraction of sp³-hybridized carbons (Fsp3) is 0.421. The predicted octanol–water partition coefficient (Wildman–Crippen LogP) is -0.764. The molecule has 1 saturated carbocycles. The number of primary amides is 1. The van der Waals surface area contributed by atoms with Gasteiger partial charge in [0.05, 0.1) is 16.4 Å². The molecule has 0 radical (unpaired) electrons. The maximum absolute atomic E-state index is 13.2. The van der Waals surface area contributed by atoms with Crippen LogP contribution in [0.15, 0.2) is 17.4 Å². The van der Waals surface area contributed by atoms with E-state index in [0.717, 1.165) is 6.07 Å². The first-order chi connectivity index (χ1) is 14.4. The smallest absolute Gasteiger partial charge is 0.313 e. The minimum absolute atomic E-state index is 0.00242. The van der Waals surface area contributed by atoms with Gasteiger partial charge in [0.15, 0.2) is 17.2 Å². The highest BCUT2D eigenvalue weighted by molar-refractivity contribution is 6.20. The fourth-order valence-electron chi connectivity index (χ4n) is 5.29. The van der Waals surface area contributed by atoms with Gasteiger partial charge in [0, 0.05) is 24.1 Å². The van der Waals surface area contributed by atoms with E-state index in [1.807, 2.05) is 0 Å². The number of hydrogen-bond acceptors (Lipinski definition) is 10. The molecular formula is C19H19N3O9. The number of hydrogen-bond donors (Lipinski definition) is 6. The molecule has 0 saturated heterocycles. The van der Waals surface area contributed by atoms with E-state index in [-0.39, 0.29) is 30.5 Å². The lowest BCUT2D eigenvalue weighted by atomic mass is 9.55. The second kappa shape index (κ2) is 6.49. The number of nitro benzene ring substituents is 1. The largest absolute Gasteiger partial charge is 0.508 e. The molecule has 1 fully saturated rings. The lowest BCUT2D eigenvalue weighted by molar-refractivity contribution is -0.385. The van der Waals surface area contributed by atoms with Crippen LogP contribution in [0.5, 0.6) is 5.75 Å². The number of fused-ring (bicyclic) bond motifs is 3. The van der Waals surface area contributed by atoms with Gasteiger partial charge in [0.1, 0.15) is 17.4 Å². The number of nitro groups is 1. The molecule has 1 aromatic carbocycles. The van der Waals surface area contributed by atoms with Gasteiger partial charge in [-0.3, -0.25) is 24.5 Å². The second-order valence-electron chi connectivity index (χ2n) is 8.22. The van der Waals surface area contributed by atoms with Crippen LogP contribution in [0.3, 0.4) is 0 Å². The summed E-state index contributed by atoms with van der Waals surface area (Å²) in [4.78, 5) is 47.4. The van der Waals surface area contributed by atoms with Crippen molar-refractivity contribution in [2.75, 3.05) is 5.73 Å². The van der Waals surface area contributed by atoms with Gasteiger partial charge in [0.2, 0.25) is 5.75 Å². The molecule has 1 aromatic rings. The Morgan fingerprint density at radius 3 is 2.48 bits per heavy atom. The Kier molecular flexibility index (Phi) is 4.35. The van der Waals surface area contributed by atoms with Crippen LogP contribution in [0.25, 0.3) is 0 Å². The third-order valence-corrected chi connectivity index (χ3v) is 6.72. The summed E-state index contributed by atoms with van der Waals surface area (Å²) in [6.45, 7) is 0. The minimum Gasteiger partial charge on any atom is -0.508 e. The molecule has 12 nitrogen and oxygen atoms in total. The number of aliphatic hydroxyl groups excluding tert-OH is 2. The van der Waals surface area contributed by atoms with Crippen molar-refractivity contribution in [3.63, 3.8) is 0 Å². The van der Waals surface area contributed by atoms with Crippen LogP contribution in [0.4, 0.5) is 11.4 Å². The van der Waals surface area contributed by atoms with Crippen molar-refractivity contribution in [1.82, 2.24) is 0 Å². The molecule has 5 unspecified atom stereocenters. The molecule has 0 spiro atoms. The van der Waals surface area contributed by atoms with Gasteiger partial charge < -0.3 is 31.9 Å². The molecule has 12 heteroatoms. The predicted molar refractivity (Wildman–Crippen MR) is 102 cm³/mol. The van der Waals surface area contributed by atoms with Crippen molar-refractivity contribution >= 4 is 28.8 Å². The molecule has 8 N–H and O–H groups in total. The first-order valence-electron chi connectivity index (χ1n) is 9.41. The van der Waals surface area contributed by atoms with E-state index in [0.29, 0.717) is 0 Å². The number of carbonyl (C=O) groups excluding carboxylic acids is 3. The zero-order chi connectivity index (χ0) is 23.0. The van der Waals surface area contributed by atoms with E-state index in [1.54, 1.807) is 0 Å². The highest BCUT2D eigenvalue weighted by atomic mass is 16.6. The summed E-state index contributed by atoms with van der Waals surface area (Å²) >= 11 is 0. The normalized spacial score (nSPS) is 32.2. The van der Waals surface area contributed by atoms with Crippen LogP contribution in [-0.2, 0) is 16.0 Å². The number of nitrogen functional groups attached to an aromatic ring is 1. The van der Waals surface area contributed by atoms with Crippen molar-refractivity contribution < 1.29 is 39.7 Å². The summed E-state index contributed by atoms with van der Waals surface area (Å²) in [6.07, 6.45) is -2.32. The Hall–Kier alpha value is -3.51. The van der Waals surface area contributed by atoms with Gasteiger partial charge >= 0.3 is 5.69 Å². The summed E-state index contributed by atoms with van der Waals surface area (Å²) < 4.78 is 0. The Labute approximate surface area is 173 Å². The van der Waals surface area contributed by atoms with Crippen molar-refractivity contribution in [1.29, 1.82) is 0 Å². The monoisotopic (exact) mass is 433 g/mol. The van der Waals surface area contributed by atoms with E-state index in [2.05, 4.69) is 0 Å². The second-order valence-corrected chi connectivity index (χ2v) is 8.22. The highest BCUT2D eigenvalue weighted by Gasteiger charge is 2.63. The van der Waals surface area contributed by atoms with E-state index < -0.39 is 80.2 Å². The van der Waals surface area contributed by atoms with E-state index >= 15 is 0 Å². The molecule has 0 aromatic heterocycles. The van der Waals surface area contributed by atoms with Gasteiger partial charge in [-0.1, -0.05) is 0 Å². The molecule has 0 aliphatic heterocycles. The minimum atomic E-state index is -2.51. The molecule has 4 rings (SSSR count). The number of amides is 1. The summed E-state index contributed by atoms with van der Waals surface area (Å²) in [6, 6.07) is 0.940. The van der Waals surface area contributed by atoms with Crippen molar-refractivity contribution in [3.05, 3.63) is 38.6 Å². The number of phenols is 1. The van der Waals surface area contributed by atoms with Crippen molar-refractivity contribution in [2.45, 2.75) is 31.0 Å². The van der Waals surface area contributed by atoms with E-state index in [1.165, 1.54) is 0 Å². The number of ketones is 2.